The maximum atomic E-state index is 3.78. The molecule has 0 aromatic heterocycles. The molecule has 2 atom stereocenters. The zero-order valence-electron chi connectivity index (χ0n) is 11.5. The fourth-order valence-electron chi connectivity index (χ4n) is 2.81. The molecule has 1 N–H and O–H groups in total. The van der Waals surface area contributed by atoms with E-state index in [4.69, 9.17) is 0 Å². The van der Waals surface area contributed by atoms with Crippen LogP contribution in [0.1, 0.15) is 51.9 Å². The Hall–Kier alpha value is -0.0800. The van der Waals surface area contributed by atoms with Gasteiger partial charge in [-0.25, -0.2) is 0 Å². The van der Waals surface area contributed by atoms with E-state index in [1.807, 2.05) is 0 Å². The van der Waals surface area contributed by atoms with Gasteiger partial charge < -0.3 is 10.2 Å². The average molecular weight is 226 g/mol. The molecule has 2 heteroatoms. The van der Waals surface area contributed by atoms with Crippen molar-refractivity contribution in [3.8, 4) is 0 Å². The first-order valence-electron chi connectivity index (χ1n) is 7.12. The molecular formula is C14H30N2. The highest BCUT2D eigenvalue weighted by atomic mass is 15.0. The van der Waals surface area contributed by atoms with Crippen LogP contribution in [0, 0.1) is 5.92 Å². The molecule has 0 bridgehead atoms. The molecule has 1 saturated carbocycles. The zero-order chi connectivity index (χ0) is 11.8. The zero-order valence-corrected chi connectivity index (χ0v) is 11.5. The van der Waals surface area contributed by atoms with E-state index in [9.17, 15) is 0 Å². The molecule has 16 heavy (non-hydrogen) atoms. The van der Waals surface area contributed by atoms with Gasteiger partial charge in [0, 0.05) is 6.04 Å². The van der Waals surface area contributed by atoms with Gasteiger partial charge in [0.1, 0.15) is 0 Å². The Kier molecular flexibility index (Phi) is 7.06. The Morgan fingerprint density at radius 2 is 1.88 bits per heavy atom. The lowest BCUT2D eigenvalue weighted by molar-refractivity contribution is 0.254. The minimum Gasteiger partial charge on any atom is -0.314 e. The summed E-state index contributed by atoms with van der Waals surface area (Å²) >= 11 is 0. The Bertz CT molecular complexity index is 168. The Labute approximate surface area is 102 Å². The molecule has 0 aromatic rings. The van der Waals surface area contributed by atoms with Crippen molar-refractivity contribution in [2.75, 3.05) is 27.2 Å². The predicted octanol–water partition coefficient (Wildman–Crippen LogP) is 2.89. The van der Waals surface area contributed by atoms with Crippen molar-refractivity contribution < 1.29 is 0 Å². The minimum atomic E-state index is 0.818. The van der Waals surface area contributed by atoms with Gasteiger partial charge in [-0.05, 0) is 58.8 Å². The standard InChI is InChI=1S/C14H30N2/c1-4-13-9-5-6-10-14(13)15-11-7-8-12-16(2)3/h13-15H,4-12H2,1-3H3. The van der Waals surface area contributed by atoms with E-state index in [0.29, 0.717) is 0 Å². The fraction of sp³-hybridized carbons (Fsp3) is 1.00. The maximum absolute atomic E-state index is 3.78. The van der Waals surface area contributed by atoms with Crippen molar-refractivity contribution in [1.29, 1.82) is 0 Å². The molecule has 96 valence electrons. The van der Waals surface area contributed by atoms with Crippen LogP contribution in [0.15, 0.2) is 0 Å². The lowest BCUT2D eigenvalue weighted by Gasteiger charge is -2.31. The third-order valence-corrected chi connectivity index (χ3v) is 3.87. The summed E-state index contributed by atoms with van der Waals surface area (Å²) in [4.78, 5) is 2.27. The number of hydrogen-bond acceptors (Lipinski definition) is 2. The molecule has 2 unspecified atom stereocenters. The predicted molar refractivity (Wildman–Crippen MR) is 71.8 cm³/mol. The highest BCUT2D eigenvalue weighted by Crippen LogP contribution is 2.26. The second-order valence-corrected chi connectivity index (χ2v) is 5.52. The molecule has 0 spiro atoms. The van der Waals surface area contributed by atoms with Crippen LogP contribution in [0.2, 0.25) is 0 Å². The largest absolute Gasteiger partial charge is 0.314 e. The van der Waals surface area contributed by atoms with Crippen molar-refractivity contribution >= 4 is 0 Å². The van der Waals surface area contributed by atoms with E-state index < -0.39 is 0 Å². The molecule has 1 aliphatic rings. The van der Waals surface area contributed by atoms with Crippen molar-refractivity contribution in [1.82, 2.24) is 10.2 Å². The first-order valence-corrected chi connectivity index (χ1v) is 7.12. The summed E-state index contributed by atoms with van der Waals surface area (Å²) in [5.41, 5.74) is 0. The summed E-state index contributed by atoms with van der Waals surface area (Å²) in [6.45, 7) is 4.79. The van der Waals surface area contributed by atoms with E-state index in [1.165, 1.54) is 58.0 Å². The molecule has 0 heterocycles. The van der Waals surface area contributed by atoms with Crippen LogP contribution in [-0.2, 0) is 0 Å². The van der Waals surface area contributed by atoms with Crippen molar-refractivity contribution in [3.63, 3.8) is 0 Å². The summed E-state index contributed by atoms with van der Waals surface area (Å²) < 4.78 is 0. The summed E-state index contributed by atoms with van der Waals surface area (Å²) in [5, 5.41) is 3.78. The van der Waals surface area contributed by atoms with Gasteiger partial charge in [0.25, 0.3) is 0 Å². The van der Waals surface area contributed by atoms with Gasteiger partial charge in [0.15, 0.2) is 0 Å². The molecule has 1 rings (SSSR count). The van der Waals surface area contributed by atoms with E-state index in [0.717, 1.165) is 12.0 Å². The summed E-state index contributed by atoms with van der Waals surface area (Å²) in [7, 11) is 4.31. The van der Waals surface area contributed by atoms with Crippen LogP contribution in [0.4, 0.5) is 0 Å². The molecule has 0 aromatic carbocycles. The second kappa shape index (κ2) is 8.08. The van der Waals surface area contributed by atoms with Crippen molar-refractivity contribution in [2.45, 2.75) is 57.9 Å². The van der Waals surface area contributed by atoms with E-state index in [2.05, 4.69) is 31.2 Å². The van der Waals surface area contributed by atoms with Crippen molar-refractivity contribution in [3.05, 3.63) is 0 Å². The van der Waals surface area contributed by atoms with Gasteiger partial charge in [0.05, 0.1) is 0 Å². The van der Waals surface area contributed by atoms with Crippen LogP contribution >= 0.6 is 0 Å². The van der Waals surface area contributed by atoms with Crippen LogP contribution in [0.25, 0.3) is 0 Å². The van der Waals surface area contributed by atoms with Gasteiger partial charge in [-0.15, -0.1) is 0 Å². The number of unbranched alkanes of at least 4 members (excludes halogenated alkanes) is 1. The lowest BCUT2D eigenvalue weighted by atomic mass is 9.83. The third-order valence-electron chi connectivity index (χ3n) is 3.87. The van der Waals surface area contributed by atoms with Gasteiger partial charge >= 0.3 is 0 Å². The topological polar surface area (TPSA) is 15.3 Å². The quantitative estimate of drug-likeness (QED) is 0.672. The monoisotopic (exact) mass is 226 g/mol. The number of rotatable bonds is 7. The van der Waals surface area contributed by atoms with Gasteiger partial charge in [-0.3, -0.25) is 0 Å². The maximum Gasteiger partial charge on any atom is 0.00952 e. The summed E-state index contributed by atoms with van der Waals surface area (Å²) in [6, 6.07) is 0.818. The molecule has 0 saturated heterocycles. The molecule has 2 nitrogen and oxygen atoms in total. The summed E-state index contributed by atoms with van der Waals surface area (Å²) in [6.07, 6.45) is 9.76. The number of hydrogen-bond donors (Lipinski definition) is 1. The molecule has 1 fully saturated rings. The second-order valence-electron chi connectivity index (χ2n) is 5.52. The van der Waals surface area contributed by atoms with Crippen LogP contribution in [0.5, 0.6) is 0 Å². The van der Waals surface area contributed by atoms with Gasteiger partial charge in [0.2, 0.25) is 0 Å². The van der Waals surface area contributed by atoms with Crippen LogP contribution in [-0.4, -0.2) is 38.1 Å². The fourth-order valence-corrected chi connectivity index (χ4v) is 2.81. The first kappa shape index (κ1) is 14.0. The van der Waals surface area contributed by atoms with E-state index in [1.54, 1.807) is 0 Å². The lowest BCUT2D eigenvalue weighted by Crippen LogP contribution is -2.38. The molecule has 0 aliphatic heterocycles. The molecule has 0 radical (unpaired) electrons. The smallest absolute Gasteiger partial charge is 0.00952 e. The minimum absolute atomic E-state index is 0.818. The normalized spacial score (nSPS) is 26.2. The van der Waals surface area contributed by atoms with E-state index in [-0.39, 0.29) is 0 Å². The highest BCUT2D eigenvalue weighted by Gasteiger charge is 2.22. The third kappa shape index (κ3) is 5.31. The number of nitrogens with one attached hydrogen (secondary N) is 1. The first-order chi connectivity index (χ1) is 7.74. The Morgan fingerprint density at radius 3 is 2.56 bits per heavy atom. The van der Waals surface area contributed by atoms with Crippen LogP contribution < -0.4 is 5.32 Å². The summed E-state index contributed by atoms with van der Waals surface area (Å²) in [5.74, 6) is 0.947. The Morgan fingerprint density at radius 1 is 1.12 bits per heavy atom. The van der Waals surface area contributed by atoms with Gasteiger partial charge in [-0.1, -0.05) is 26.2 Å². The highest BCUT2D eigenvalue weighted by molar-refractivity contribution is 4.79. The average Bonchev–Trinajstić information content (AvgIpc) is 2.29. The Balaban J connectivity index is 2.06. The van der Waals surface area contributed by atoms with Crippen molar-refractivity contribution in [2.24, 2.45) is 5.92 Å². The van der Waals surface area contributed by atoms with E-state index >= 15 is 0 Å². The SMILES string of the molecule is CCC1CCCCC1NCCCCN(C)C. The van der Waals surface area contributed by atoms with Crippen LogP contribution in [0.3, 0.4) is 0 Å². The molecule has 1 aliphatic carbocycles. The number of nitrogens with zero attached hydrogens (tertiary/aromatic N) is 1. The molecule has 0 amide bonds. The molecular weight excluding hydrogens is 196 g/mol. The van der Waals surface area contributed by atoms with Gasteiger partial charge in [-0.2, -0.15) is 0 Å².